The van der Waals surface area contributed by atoms with Crippen LogP contribution < -0.4 is 5.32 Å². The van der Waals surface area contributed by atoms with E-state index in [0.29, 0.717) is 5.82 Å². The summed E-state index contributed by atoms with van der Waals surface area (Å²) in [4.78, 5) is 4.58. The highest BCUT2D eigenvalue weighted by Crippen LogP contribution is 2.22. The Balaban J connectivity index is 2.05. The normalized spacial score (nSPS) is 24.0. The number of nitrogens with zero attached hydrogens (tertiary/aromatic N) is 3. The molecule has 2 aromatic heterocycles. The maximum atomic E-state index is 11.7. The molecule has 2 aromatic rings. The van der Waals surface area contributed by atoms with Crippen molar-refractivity contribution in [1.82, 2.24) is 14.6 Å². The van der Waals surface area contributed by atoms with Gasteiger partial charge in [-0.3, -0.25) is 0 Å². The van der Waals surface area contributed by atoms with Gasteiger partial charge in [-0.1, -0.05) is 6.92 Å². The Hall–Kier alpha value is -1.67. The zero-order chi connectivity index (χ0) is 16.1. The lowest BCUT2D eigenvalue weighted by Crippen LogP contribution is -2.32. The number of nitrogens with one attached hydrogen (secondary N) is 1. The molecular weight excluding hydrogens is 304 g/mol. The van der Waals surface area contributed by atoms with E-state index in [-0.39, 0.29) is 11.5 Å². The largest absolute Gasteiger partial charge is 0.390 e. The maximum absolute atomic E-state index is 11.7. The minimum Gasteiger partial charge on any atom is -0.390 e. The van der Waals surface area contributed by atoms with E-state index in [0.717, 1.165) is 29.0 Å². The van der Waals surface area contributed by atoms with Gasteiger partial charge in [0.25, 0.3) is 0 Å². The average Bonchev–Trinajstić information content (AvgIpc) is 2.87. The van der Waals surface area contributed by atoms with Gasteiger partial charge in [0.2, 0.25) is 0 Å². The summed E-state index contributed by atoms with van der Waals surface area (Å²) in [7, 11) is -3.19. The van der Waals surface area contributed by atoms with E-state index in [2.05, 4.69) is 15.4 Å². The molecule has 2 atom stereocenters. The number of aliphatic hydroxyl groups is 1. The molecule has 0 aromatic carbocycles. The number of hydrogen-bond acceptors (Lipinski definition) is 6. The lowest BCUT2D eigenvalue weighted by molar-refractivity contribution is 0.190. The summed E-state index contributed by atoms with van der Waals surface area (Å²) in [5, 5.41) is 17.5. The fourth-order valence-corrected chi connectivity index (χ4v) is 4.46. The molecule has 1 saturated heterocycles. The predicted molar refractivity (Wildman–Crippen MR) is 83.9 cm³/mol. The Labute approximate surface area is 129 Å². The molecule has 0 radical (unpaired) electrons. The molecule has 8 heteroatoms. The first-order chi connectivity index (χ1) is 10.3. The summed E-state index contributed by atoms with van der Waals surface area (Å²) >= 11 is 0. The molecule has 1 aliphatic rings. The number of aromatic nitrogens is 3. The third-order valence-corrected chi connectivity index (χ3v) is 5.84. The molecule has 0 spiro atoms. The van der Waals surface area contributed by atoms with Crippen LogP contribution in [0.5, 0.6) is 0 Å². The van der Waals surface area contributed by atoms with Gasteiger partial charge in [-0.15, -0.1) is 0 Å². The minimum absolute atomic E-state index is 0.0708. The number of aliphatic hydroxyl groups excluding tert-OH is 1. The van der Waals surface area contributed by atoms with Crippen LogP contribution in [0.4, 0.5) is 5.82 Å². The van der Waals surface area contributed by atoms with Crippen LogP contribution >= 0.6 is 0 Å². The Bertz CT molecular complexity index is 828. The van der Waals surface area contributed by atoms with Crippen LogP contribution in [-0.2, 0) is 16.3 Å². The number of aryl methyl sites for hydroxylation is 3. The van der Waals surface area contributed by atoms with E-state index in [1.807, 2.05) is 26.8 Å². The van der Waals surface area contributed by atoms with Crippen LogP contribution in [0.1, 0.15) is 23.9 Å². The van der Waals surface area contributed by atoms with Gasteiger partial charge in [0.15, 0.2) is 15.5 Å². The van der Waals surface area contributed by atoms with Gasteiger partial charge in [-0.25, -0.2) is 13.4 Å². The molecular formula is C14H20N4O3S. The predicted octanol–water partition coefficient (Wildman–Crippen LogP) is 0.478. The standard InChI is InChI=1S/C14H20N4O3S/c1-4-10-5-13(16-11-6-22(20,21)7-12(11)19)18-14(15-10)8(2)9(3)17-18/h5,11-12,16,19H,4,6-7H2,1-3H3/t11-,12-/m1/s1. The highest BCUT2D eigenvalue weighted by molar-refractivity contribution is 7.91. The van der Waals surface area contributed by atoms with Crippen molar-refractivity contribution >= 4 is 21.3 Å². The summed E-state index contributed by atoms with van der Waals surface area (Å²) in [6, 6.07) is 1.33. The van der Waals surface area contributed by atoms with Crippen LogP contribution in [0.15, 0.2) is 6.07 Å². The van der Waals surface area contributed by atoms with E-state index < -0.39 is 22.0 Å². The van der Waals surface area contributed by atoms with Crippen molar-refractivity contribution < 1.29 is 13.5 Å². The molecule has 3 heterocycles. The van der Waals surface area contributed by atoms with Crippen molar-refractivity contribution in [1.29, 1.82) is 0 Å². The topological polar surface area (TPSA) is 96.6 Å². The number of hydrogen-bond donors (Lipinski definition) is 2. The summed E-state index contributed by atoms with van der Waals surface area (Å²) in [5.41, 5.74) is 3.53. The number of rotatable bonds is 3. The second-order valence-corrected chi connectivity index (χ2v) is 7.98. The molecule has 0 unspecified atom stereocenters. The molecule has 0 amide bonds. The van der Waals surface area contributed by atoms with Gasteiger partial charge in [-0.2, -0.15) is 9.61 Å². The second kappa shape index (κ2) is 5.20. The monoisotopic (exact) mass is 324 g/mol. The Morgan fingerprint density at radius 2 is 2.14 bits per heavy atom. The van der Waals surface area contributed by atoms with Crippen LogP contribution in [-0.4, -0.2) is 51.8 Å². The summed E-state index contributed by atoms with van der Waals surface area (Å²) in [6.45, 7) is 5.88. The van der Waals surface area contributed by atoms with Gasteiger partial charge in [-0.05, 0) is 20.3 Å². The summed E-state index contributed by atoms with van der Waals surface area (Å²) in [6.07, 6.45) is -0.142. The van der Waals surface area contributed by atoms with E-state index >= 15 is 0 Å². The fraction of sp³-hybridized carbons (Fsp3) is 0.571. The van der Waals surface area contributed by atoms with E-state index in [1.165, 1.54) is 0 Å². The first-order valence-electron chi connectivity index (χ1n) is 7.31. The lowest BCUT2D eigenvalue weighted by atomic mass is 10.2. The third-order valence-electron chi connectivity index (χ3n) is 4.13. The minimum atomic E-state index is -3.19. The number of fused-ring (bicyclic) bond motifs is 1. The zero-order valence-electron chi connectivity index (χ0n) is 12.9. The Kier molecular flexibility index (Phi) is 3.60. The molecule has 2 N–H and O–H groups in total. The van der Waals surface area contributed by atoms with Crippen molar-refractivity contribution in [3.8, 4) is 0 Å². The van der Waals surface area contributed by atoms with E-state index in [1.54, 1.807) is 4.52 Å². The Morgan fingerprint density at radius 3 is 2.73 bits per heavy atom. The third kappa shape index (κ3) is 2.56. The number of anilines is 1. The van der Waals surface area contributed by atoms with Crippen LogP contribution in [0.2, 0.25) is 0 Å². The SMILES string of the molecule is CCc1cc(N[C@@H]2CS(=O)(=O)C[C@H]2O)n2nc(C)c(C)c2n1. The summed E-state index contributed by atoms with van der Waals surface area (Å²) < 4.78 is 25.0. The van der Waals surface area contributed by atoms with Crippen LogP contribution in [0.3, 0.4) is 0 Å². The highest BCUT2D eigenvalue weighted by Gasteiger charge is 2.36. The summed E-state index contributed by atoms with van der Waals surface area (Å²) in [5.74, 6) is 0.397. The lowest BCUT2D eigenvalue weighted by Gasteiger charge is -2.17. The fourth-order valence-electron chi connectivity index (χ4n) is 2.72. The molecule has 0 bridgehead atoms. The maximum Gasteiger partial charge on any atom is 0.160 e. The first-order valence-corrected chi connectivity index (χ1v) is 9.13. The van der Waals surface area contributed by atoms with Crippen molar-refractivity contribution in [3.63, 3.8) is 0 Å². The quantitative estimate of drug-likeness (QED) is 0.852. The van der Waals surface area contributed by atoms with Gasteiger partial charge in [0.1, 0.15) is 5.82 Å². The molecule has 22 heavy (non-hydrogen) atoms. The van der Waals surface area contributed by atoms with Crippen molar-refractivity contribution in [2.75, 3.05) is 16.8 Å². The molecule has 7 nitrogen and oxygen atoms in total. The van der Waals surface area contributed by atoms with Crippen molar-refractivity contribution in [2.45, 2.75) is 39.3 Å². The van der Waals surface area contributed by atoms with E-state index in [9.17, 15) is 13.5 Å². The smallest absolute Gasteiger partial charge is 0.160 e. The van der Waals surface area contributed by atoms with Gasteiger partial charge < -0.3 is 10.4 Å². The molecule has 1 aliphatic heterocycles. The zero-order valence-corrected chi connectivity index (χ0v) is 13.7. The van der Waals surface area contributed by atoms with Gasteiger partial charge in [0, 0.05) is 17.3 Å². The van der Waals surface area contributed by atoms with Crippen molar-refractivity contribution in [3.05, 3.63) is 23.0 Å². The first kappa shape index (κ1) is 15.2. The molecule has 3 rings (SSSR count). The van der Waals surface area contributed by atoms with Gasteiger partial charge >= 0.3 is 0 Å². The van der Waals surface area contributed by atoms with Gasteiger partial charge in [0.05, 0.1) is 29.3 Å². The number of sulfone groups is 1. The highest BCUT2D eigenvalue weighted by atomic mass is 32.2. The van der Waals surface area contributed by atoms with Crippen LogP contribution in [0.25, 0.3) is 5.65 Å². The molecule has 1 fully saturated rings. The second-order valence-electron chi connectivity index (χ2n) is 5.83. The van der Waals surface area contributed by atoms with Crippen molar-refractivity contribution in [2.24, 2.45) is 0 Å². The van der Waals surface area contributed by atoms with Crippen LogP contribution in [0, 0.1) is 13.8 Å². The molecule has 0 saturated carbocycles. The molecule has 0 aliphatic carbocycles. The Morgan fingerprint density at radius 1 is 1.41 bits per heavy atom. The van der Waals surface area contributed by atoms with E-state index in [4.69, 9.17) is 0 Å². The average molecular weight is 324 g/mol. The molecule has 120 valence electrons.